The second-order valence-electron chi connectivity index (χ2n) is 8.56. The third-order valence-electron chi connectivity index (χ3n) is 6.27. The zero-order valence-corrected chi connectivity index (χ0v) is 19.8. The van der Waals surface area contributed by atoms with E-state index in [1.54, 1.807) is 5.01 Å². The van der Waals surface area contributed by atoms with E-state index in [2.05, 4.69) is 52.1 Å². The number of hydrazone groups is 1. The Hall–Kier alpha value is -4.91. The van der Waals surface area contributed by atoms with Gasteiger partial charge < -0.3 is 10.3 Å². The van der Waals surface area contributed by atoms with Crippen molar-refractivity contribution in [3.63, 3.8) is 0 Å². The smallest absolute Gasteiger partial charge is 0.127 e. The van der Waals surface area contributed by atoms with Crippen LogP contribution < -0.4 is 10.7 Å². The van der Waals surface area contributed by atoms with Crippen molar-refractivity contribution >= 4 is 17.5 Å². The van der Waals surface area contributed by atoms with Crippen LogP contribution in [-0.4, -0.2) is 16.4 Å². The van der Waals surface area contributed by atoms with Gasteiger partial charge in [-0.3, -0.25) is 0 Å². The number of benzene rings is 3. The van der Waals surface area contributed by atoms with E-state index >= 15 is 0 Å². The molecule has 6 nitrogen and oxygen atoms in total. The fourth-order valence-corrected chi connectivity index (χ4v) is 4.61. The largest absolute Gasteiger partial charge is 0.313 e. The minimum Gasteiger partial charge on any atom is -0.313 e. The van der Waals surface area contributed by atoms with E-state index in [1.165, 1.54) is 0 Å². The lowest BCUT2D eigenvalue weighted by Crippen LogP contribution is -2.40. The van der Waals surface area contributed by atoms with Crippen LogP contribution in [-0.2, 0) is 0 Å². The third-order valence-corrected chi connectivity index (χ3v) is 6.27. The number of nitriles is 2. The lowest BCUT2D eigenvalue weighted by molar-refractivity contribution is 0.624. The number of nitrogens with two attached hydrogens (primary N) is 1. The maximum atomic E-state index is 10.2. The molecule has 1 aliphatic heterocycles. The van der Waals surface area contributed by atoms with Gasteiger partial charge >= 0.3 is 0 Å². The molecule has 0 amide bonds. The quantitative estimate of drug-likeness (QED) is 0.382. The summed E-state index contributed by atoms with van der Waals surface area (Å²) in [6.45, 7) is 2.04. The molecule has 0 saturated heterocycles. The third kappa shape index (κ3) is 4.07. The van der Waals surface area contributed by atoms with Gasteiger partial charge in [-0.05, 0) is 48.9 Å². The van der Waals surface area contributed by atoms with Crippen LogP contribution in [0.25, 0.3) is 23.0 Å². The van der Waals surface area contributed by atoms with Crippen LogP contribution in [0.5, 0.6) is 0 Å². The van der Waals surface area contributed by atoms with Crippen molar-refractivity contribution in [1.29, 1.82) is 10.5 Å². The number of aryl methyl sites for hydroxylation is 1. The molecule has 3 aromatic carbocycles. The Balaban J connectivity index is 1.67. The van der Waals surface area contributed by atoms with Gasteiger partial charge in [0.2, 0.25) is 0 Å². The van der Waals surface area contributed by atoms with Crippen LogP contribution in [0.2, 0.25) is 0 Å². The molecule has 2 atom stereocenters. The van der Waals surface area contributed by atoms with Crippen molar-refractivity contribution in [2.24, 2.45) is 16.8 Å². The standard InChI is InChI=1S/C30H24N6/c1-21-17-23(29(22-11-5-2-6-12-22)35(21)25-13-7-3-8-14-25)18-24(19-31)28-27(20-32)30(33)36(34-28)26-15-9-4-10-16-26/h2-18,27,30H,33H2,1H3/b24-18-/t27-,30-/m1/s1. The topological polar surface area (TPSA) is 94.1 Å². The SMILES string of the molecule is Cc1cc(/C=C(/C#N)C2=NN(c3ccccc3)[C@@H](N)[C@@H]2C#N)c(-c2ccccc2)n1-c1ccccc1. The van der Waals surface area contributed by atoms with Crippen molar-refractivity contribution in [2.75, 3.05) is 5.01 Å². The molecule has 4 aromatic rings. The Morgan fingerprint density at radius 3 is 2.06 bits per heavy atom. The highest BCUT2D eigenvalue weighted by Crippen LogP contribution is 2.34. The monoisotopic (exact) mass is 468 g/mol. The molecule has 0 fully saturated rings. The molecule has 1 aromatic heterocycles. The second-order valence-corrected chi connectivity index (χ2v) is 8.56. The van der Waals surface area contributed by atoms with E-state index < -0.39 is 12.1 Å². The molecule has 0 radical (unpaired) electrons. The molecule has 2 heterocycles. The van der Waals surface area contributed by atoms with E-state index in [0.717, 1.165) is 33.9 Å². The first-order valence-corrected chi connectivity index (χ1v) is 11.7. The number of rotatable bonds is 5. The Morgan fingerprint density at radius 2 is 1.47 bits per heavy atom. The van der Waals surface area contributed by atoms with Crippen LogP contribution in [0.3, 0.4) is 0 Å². The Morgan fingerprint density at radius 1 is 0.889 bits per heavy atom. The molecule has 6 heteroatoms. The number of hydrogen-bond acceptors (Lipinski definition) is 5. The summed E-state index contributed by atoms with van der Waals surface area (Å²) in [5, 5.41) is 26.4. The zero-order chi connectivity index (χ0) is 25.1. The molecule has 0 aliphatic carbocycles. The van der Waals surface area contributed by atoms with Crippen LogP contribution >= 0.6 is 0 Å². The van der Waals surface area contributed by atoms with E-state index in [1.807, 2.05) is 79.7 Å². The Bertz CT molecular complexity index is 1520. The first-order valence-electron chi connectivity index (χ1n) is 11.7. The Labute approximate surface area is 210 Å². The van der Waals surface area contributed by atoms with E-state index in [4.69, 9.17) is 5.73 Å². The summed E-state index contributed by atoms with van der Waals surface area (Å²) in [6.07, 6.45) is 1.13. The summed E-state index contributed by atoms with van der Waals surface area (Å²) in [6, 6.07) is 36.2. The van der Waals surface area contributed by atoms with Gasteiger partial charge in [-0.1, -0.05) is 66.7 Å². The maximum absolute atomic E-state index is 10.2. The van der Waals surface area contributed by atoms with E-state index in [9.17, 15) is 10.5 Å². The molecule has 0 bridgehead atoms. The zero-order valence-electron chi connectivity index (χ0n) is 19.8. The van der Waals surface area contributed by atoms with Crippen molar-refractivity contribution in [2.45, 2.75) is 13.1 Å². The van der Waals surface area contributed by atoms with E-state index in [0.29, 0.717) is 11.3 Å². The predicted octanol–water partition coefficient (Wildman–Crippen LogP) is 5.66. The number of nitrogens with zero attached hydrogens (tertiary/aromatic N) is 5. The molecule has 174 valence electrons. The first kappa shape index (κ1) is 22.9. The maximum Gasteiger partial charge on any atom is 0.127 e. The van der Waals surface area contributed by atoms with Crippen molar-refractivity contribution in [3.05, 3.63) is 114 Å². The van der Waals surface area contributed by atoms with Crippen LogP contribution in [0.1, 0.15) is 11.3 Å². The lowest BCUT2D eigenvalue weighted by atomic mass is 9.95. The van der Waals surface area contributed by atoms with Crippen LogP contribution in [0.4, 0.5) is 5.69 Å². The summed E-state index contributed by atoms with van der Waals surface area (Å²) in [5.41, 5.74) is 12.8. The predicted molar refractivity (Wildman–Crippen MR) is 143 cm³/mol. The van der Waals surface area contributed by atoms with Gasteiger partial charge in [-0.2, -0.15) is 15.6 Å². The van der Waals surface area contributed by atoms with Crippen molar-refractivity contribution < 1.29 is 0 Å². The summed E-state index contributed by atoms with van der Waals surface area (Å²) in [7, 11) is 0. The molecule has 36 heavy (non-hydrogen) atoms. The molecule has 0 spiro atoms. The minimum atomic E-state index is -0.742. The second kappa shape index (κ2) is 9.76. The van der Waals surface area contributed by atoms with E-state index in [-0.39, 0.29) is 0 Å². The van der Waals surface area contributed by atoms with Crippen LogP contribution in [0, 0.1) is 35.5 Å². The molecular formula is C30H24N6. The highest BCUT2D eigenvalue weighted by molar-refractivity contribution is 6.12. The summed E-state index contributed by atoms with van der Waals surface area (Å²) < 4.78 is 2.18. The molecule has 0 unspecified atom stereocenters. The molecule has 1 aliphatic rings. The number of aromatic nitrogens is 1. The number of hydrogen-bond donors (Lipinski definition) is 1. The fourth-order valence-electron chi connectivity index (χ4n) is 4.61. The van der Waals surface area contributed by atoms with Crippen molar-refractivity contribution in [1.82, 2.24) is 4.57 Å². The number of anilines is 1. The lowest BCUT2D eigenvalue weighted by Gasteiger charge is -2.21. The van der Waals surface area contributed by atoms with Gasteiger partial charge in [0.25, 0.3) is 0 Å². The highest BCUT2D eigenvalue weighted by atomic mass is 15.5. The van der Waals surface area contributed by atoms with Gasteiger partial charge in [0.1, 0.15) is 18.2 Å². The van der Waals surface area contributed by atoms with Crippen molar-refractivity contribution in [3.8, 4) is 29.1 Å². The number of allylic oxidation sites excluding steroid dienone is 1. The molecular weight excluding hydrogens is 444 g/mol. The fraction of sp³-hybridized carbons (Fsp3) is 0.100. The van der Waals surface area contributed by atoms with Gasteiger partial charge in [0.05, 0.1) is 28.7 Å². The van der Waals surface area contributed by atoms with Gasteiger partial charge in [-0.25, -0.2) is 5.01 Å². The summed E-state index contributed by atoms with van der Waals surface area (Å²) >= 11 is 0. The molecule has 2 N–H and O–H groups in total. The summed E-state index contributed by atoms with van der Waals surface area (Å²) in [5.74, 6) is -0.742. The first-order chi connectivity index (χ1) is 17.6. The molecule has 5 rings (SSSR count). The molecule has 0 saturated carbocycles. The normalized spacial score (nSPS) is 17.4. The Kier molecular flexibility index (Phi) is 6.19. The van der Waals surface area contributed by atoms with Gasteiger partial charge in [0, 0.05) is 16.9 Å². The summed E-state index contributed by atoms with van der Waals surface area (Å²) in [4.78, 5) is 0. The average molecular weight is 469 g/mol. The average Bonchev–Trinajstić information content (AvgIpc) is 3.44. The highest BCUT2D eigenvalue weighted by Gasteiger charge is 2.37. The van der Waals surface area contributed by atoms with Crippen LogP contribution in [0.15, 0.2) is 108 Å². The van der Waals surface area contributed by atoms with Gasteiger partial charge in [0.15, 0.2) is 0 Å². The number of para-hydroxylation sites is 2. The van der Waals surface area contributed by atoms with Gasteiger partial charge in [-0.15, -0.1) is 0 Å². The minimum absolute atomic E-state index is 0.317.